The van der Waals surface area contributed by atoms with Crippen LogP contribution in [-0.2, 0) is 43.0 Å². The van der Waals surface area contributed by atoms with E-state index in [0.29, 0.717) is 0 Å². The topological polar surface area (TPSA) is 143 Å². The normalized spacial score (nSPS) is 6.46. The van der Waals surface area contributed by atoms with Crippen LogP contribution in [0, 0.1) is 0 Å². The minimum atomic E-state index is -5.62. The van der Waals surface area contributed by atoms with Crippen LogP contribution in [0.15, 0.2) is 0 Å². The van der Waals surface area contributed by atoms with E-state index in [1.165, 1.54) is 0 Å². The van der Waals surface area contributed by atoms with Crippen molar-refractivity contribution in [2.75, 3.05) is 0 Å². The molecule has 7 nitrogen and oxygen atoms in total. The molecule has 0 aliphatic heterocycles. The van der Waals surface area contributed by atoms with E-state index in [9.17, 15) is 0 Å². The van der Waals surface area contributed by atoms with Gasteiger partial charge in [0.1, 0.15) is 0 Å². The van der Waals surface area contributed by atoms with Gasteiger partial charge in [0.05, 0.1) is 0 Å². The fourth-order valence-corrected chi connectivity index (χ4v) is 0. The van der Waals surface area contributed by atoms with Crippen LogP contribution in [0.25, 0.3) is 0 Å². The molecule has 0 aliphatic rings. The molecule has 0 N–H and O–H groups in total. The molecule has 57 valence electrons. The van der Waals surface area contributed by atoms with Gasteiger partial charge in [-0.2, -0.15) is 0 Å². The fraction of sp³-hybridized carbons (Fsp3) is 0. The van der Waals surface area contributed by atoms with Gasteiger partial charge in [0.25, 0.3) is 0 Å². The first kappa shape index (κ1) is 36.0. The number of rotatable bonds is 0. The third-order valence-electron chi connectivity index (χ3n) is 0. The van der Waals surface area contributed by atoms with Gasteiger partial charge >= 0.3 is 134 Å². The molecular weight excluding hydrogens is 243 g/mol. The van der Waals surface area contributed by atoms with Crippen molar-refractivity contribution in [1.82, 2.24) is 0 Å². The molecule has 0 aromatic rings. The molecule has 0 aromatic heterocycles. The summed E-state index contributed by atoms with van der Waals surface area (Å²) >= 11 is -9.71. The molecule has 0 saturated heterocycles. The van der Waals surface area contributed by atoms with Crippen LogP contribution in [0.2, 0.25) is 0 Å². The van der Waals surface area contributed by atoms with Gasteiger partial charge in [-0.1, -0.05) is 0 Å². The van der Waals surface area contributed by atoms with Crippen molar-refractivity contribution in [2.24, 2.45) is 0 Å². The predicted molar refractivity (Wildman–Crippen MR) is 2.06 cm³/mol. The summed E-state index contributed by atoms with van der Waals surface area (Å²) in [5.41, 5.74) is 0. The van der Waals surface area contributed by atoms with Gasteiger partial charge < -0.3 is 0 Å². The summed E-state index contributed by atoms with van der Waals surface area (Å²) in [7, 11) is 0. The molecular formula is Li4MnO7Ti. The average Bonchev–Trinajstić information content (AvgIpc) is 1.19. The molecule has 0 unspecified atom stereocenters. The monoisotopic (exact) mass is 243 g/mol. The molecule has 0 heterocycles. The Kier molecular flexibility index (Phi) is 56.2. The third kappa shape index (κ3) is 300. The quantitative estimate of drug-likeness (QED) is 0.384. The summed E-state index contributed by atoms with van der Waals surface area (Å²) in [4.78, 5) is 0. The van der Waals surface area contributed by atoms with Gasteiger partial charge in [-0.25, -0.2) is 0 Å². The van der Waals surface area contributed by atoms with E-state index in [4.69, 9.17) is 26.7 Å². The summed E-state index contributed by atoms with van der Waals surface area (Å²) in [5.74, 6) is 0. The molecule has 13 heteroatoms. The molecule has 0 aromatic carbocycles. The Morgan fingerprint density at radius 1 is 0.846 bits per heavy atom. The van der Waals surface area contributed by atoms with Gasteiger partial charge in [-0.15, -0.1) is 0 Å². The van der Waals surface area contributed by atoms with Crippen LogP contribution in [0.5, 0.6) is 0 Å². The molecule has 0 atom stereocenters. The summed E-state index contributed by atoms with van der Waals surface area (Å²) in [6.45, 7) is 0. The molecule has 13 heavy (non-hydrogen) atoms. The summed E-state index contributed by atoms with van der Waals surface area (Å²) in [5, 5.41) is 0. The maximum absolute atomic E-state index is 8.58. The van der Waals surface area contributed by atoms with Crippen LogP contribution >= 0.6 is 0 Å². The van der Waals surface area contributed by atoms with E-state index in [-0.39, 0.29) is 75.4 Å². The van der Waals surface area contributed by atoms with Gasteiger partial charge in [0.2, 0.25) is 0 Å². The first-order valence-corrected chi connectivity index (χ1v) is 5.07. The van der Waals surface area contributed by atoms with Crippen LogP contribution in [0.3, 0.4) is 0 Å². The Balaban J connectivity index is -0.0000000146. The Bertz CT molecular complexity index is 163. The minimum absolute atomic E-state index is 0. The second-order valence-electron chi connectivity index (χ2n) is 0.628. The van der Waals surface area contributed by atoms with E-state index in [1.54, 1.807) is 0 Å². The third-order valence-corrected chi connectivity index (χ3v) is 0. The Hall–Kier alpha value is 2.86. The van der Waals surface area contributed by atoms with Crippen molar-refractivity contribution < 1.29 is 134 Å². The number of hydrogen-bond donors (Lipinski definition) is 0. The molecule has 0 aliphatic carbocycles. The van der Waals surface area contributed by atoms with Gasteiger partial charge in [0, 0.05) is 0 Å². The molecule has 0 bridgehead atoms. The SMILES string of the molecule is [Li+].[Li+].[Li+].[Li+].[O]=[Mn](=[O])([O-])[O-].[O]=[Ti]([O-])[O-]. The fourth-order valence-electron chi connectivity index (χ4n) is 0. The van der Waals surface area contributed by atoms with Crippen molar-refractivity contribution in [2.45, 2.75) is 0 Å². The summed E-state index contributed by atoms with van der Waals surface area (Å²) < 4.78 is 60.1. The standard InChI is InChI=1S/4Li.Mn.7O.Ti/q4*+1;;;;;4*-1;. The zero-order valence-electron chi connectivity index (χ0n) is 7.74. The Morgan fingerprint density at radius 3 is 0.846 bits per heavy atom. The van der Waals surface area contributed by atoms with Gasteiger partial charge in [-0.05, 0) is 0 Å². The van der Waals surface area contributed by atoms with Crippen LogP contribution < -0.4 is 91.2 Å². The van der Waals surface area contributed by atoms with E-state index in [1.807, 2.05) is 0 Å². The maximum atomic E-state index is 8.58. The van der Waals surface area contributed by atoms with Crippen LogP contribution in [0.1, 0.15) is 0 Å². The zero-order chi connectivity index (χ0) is 8.08. The number of hydrogen-bond acceptors (Lipinski definition) is 7. The average molecular weight is 243 g/mol. The van der Waals surface area contributed by atoms with Crippen molar-refractivity contribution in [3.63, 3.8) is 0 Å². The second-order valence-corrected chi connectivity index (χ2v) is 2.59. The predicted octanol–water partition coefficient (Wildman–Crippen LogP) is -17.1. The van der Waals surface area contributed by atoms with Crippen molar-refractivity contribution in [3.8, 4) is 0 Å². The van der Waals surface area contributed by atoms with Gasteiger partial charge in [0.15, 0.2) is 0 Å². The first-order valence-electron chi connectivity index (χ1n) is 1.23. The van der Waals surface area contributed by atoms with E-state index >= 15 is 0 Å². The zero-order valence-corrected chi connectivity index (χ0v) is 10.5. The second kappa shape index (κ2) is 20.3. The summed E-state index contributed by atoms with van der Waals surface area (Å²) in [6, 6.07) is 0. The molecule has 0 saturated carbocycles. The van der Waals surface area contributed by atoms with Crippen molar-refractivity contribution in [3.05, 3.63) is 0 Å². The molecule has 0 radical (unpaired) electrons. The summed E-state index contributed by atoms with van der Waals surface area (Å²) in [6.07, 6.45) is 0. The van der Waals surface area contributed by atoms with E-state index < -0.39 is 32.0 Å². The Labute approximate surface area is 132 Å². The molecule has 0 rings (SSSR count). The molecule has 0 amide bonds. The molecule has 0 spiro atoms. The van der Waals surface area contributed by atoms with E-state index in [2.05, 4.69) is 0 Å². The molecule has 0 fully saturated rings. The van der Waals surface area contributed by atoms with Crippen molar-refractivity contribution >= 4 is 0 Å². The van der Waals surface area contributed by atoms with Crippen LogP contribution in [-0.4, -0.2) is 0 Å². The van der Waals surface area contributed by atoms with Crippen LogP contribution in [0.4, 0.5) is 0 Å². The van der Waals surface area contributed by atoms with E-state index in [0.717, 1.165) is 0 Å². The van der Waals surface area contributed by atoms with Gasteiger partial charge in [-0.3, -0.25) is 0 Å². The Morgan fingerprint density at radius 2 is 0.846 bits per heavy atom. The first-order chi connectivity index (χ1) is 3.73. The van der Waals surface area contributed by atoms with Crippen molar-refractivity contribution in [1.29, 1.82) is 0 Å².